The number of hydrogen-bond acceptors (Lipinski definition) is 5. The summed E-state index contributed by atoms with van der Waals surface area (Å²) in [6.45, 7) is 0. The fraction of sp³-hybridized carbons (Fsp3) is 0.143. The van der Waals surface area contributed by atoms with Crippen LogP contribution in [0.2, 0.25) is 0 Å². The van der Waals surface area contributed by atoms with Gasteiger partial charge in [-0.2, -0.15) is 0 Å². The van der Waals surface area contributed by atoms with Gasteiger partial charge in [-0.1, -0.05) is 0 Å². The van der Waals surface area contributed by atoms with Crippen LogP contribution in [0.3, 0.4) is 0 Å². The third kappa shape index (κ3) is 3.99. The number of sulfonamides is 1. The molecule has 6 nitrogen and oxygen atoms in total. The fourth-order valence-corrected chi connectivity index (χ4v) is 3.80. The molecular formula is C14H14FNO5S2. The van der Waals surface area contributed by atoms with E-state index in [1.54, 1.807) is 0 Å². The number of halogens is 1. The van der Waals surface area contributed by atoms with Crippen molar-refractivity contribution >= 4 is 25.5 Å². The molecule has 0 atom stereocenters. The Hall–Kier alpha value is -2.13. The third-order valence-corrected chi connectivity index (χ3v) is 5.46. The average molecular weight is 359 g/mol. The highest BCUT2D eigenvalue weighted by molar-refractivity contribution is 7.93. The molecule has 0 aliphatic rings. The quantitative estimate of drug-likeness (QED) is 0.882. The molecule has 0 aliphatic carbocycles. The highest BCUT2D eigenvalue weighted by atomic mass is 32.2. The number of sulfone groups is 1. The van der Waals surface area contributed by atoms with E-state index in [0.29, 0.717) is 0 Å². The van der Waals surface area contributed by atoms with Gasteiger partial charge in [0.15, 0.2) is 9.84 Å². The molecule has 2 aromatic carbocycles. The van der Waals surface area contributed by atoms with E-state index in [1.165, 1.54) is 31.4 Å². The fourth-order valence-electron chi connectivity index (χ4n) is 1.83. The van der Waals surface area contributed by atoms with Gasteiger partial charge in [-0.25, -0.2) is 21.2 Å². The van der Waals surface area contributed by atoms with Crippen molar-refractivity contribution in [1.29, 1.82) is 0 Å². The second kappa shape index (κ2) is 6.17. The van der Waals surface area contributed by atoms with Crippen LogP contribution >= 0.6 is 0 Å². The zero-order valence-electron chi connectivity index (χ0n) is 12.3. The number of hydrogen-bond donors (Lipinski definition) is 1. The Morgan fingerprint density at radius 2 is 1.61 bits per heavy atom. The maximum Gasteiger partial charge on any atom is 0.265 e. The predicted molar refractivity (Wildman–Crippen MR) is 83.3 cm³/mol. The van der Waals surface area contributed by atoms with Crippen molar-refractivity contribution in [2.45, 2.75) is 9.79 Å². The third-order valence-electron chi connectivity index (χ3n) is 2.95. The molecule has 0 aliphatic heterocycles. The summed E-state index contributed by atoms with van der Waals surface area (Å²) < 4.78 is 68.3. The van der Waals surface area contributed by atoms with Crippen molar-refractivity contribution < 1.29 is 26.0 Å². The van der Waals surface area contributed by atoms with Crippen LogP contribution in [0.15, 0.2) is 52.3 Å². The molecule has 2 rings (SSSR count). The minimum Gasteiger partial charge on any atom is -0.495 e. The molecule has 2 aromatic rings. The van der Waals surface area contributed by atoms with E-state index in [4.69, 9.17) is 4.74 Å². The molecule has 0 spiro atoms. The second-order valence-corrected chi connectivity index (χ2v) is 8.36. The van der Waals surface area contributed by atoms with Crippen LogP contribution < -0.4 is 9.46 Å². The van der Waals surface area contributed by atoms with Gasteiger partial charge in [0.1, 0.15) is 16.5 Å². The summed E-state index contributed by atoms with van der Waals surface area (Å²) in [7, 11) is -6.43. The van der Waals surface area contributed by atoms with Gasteiger partial charge < -0.3 is 4.74 Å². The molecule has 0 amide bonds. The predicted octanol–water partition coefficient (Wildman–Crippen LogP) is 2.04. The molecule has 0 fully saturated rings. The molecule has 9 heteroatoms. The van der Waals surface area contributed by atoms with Crippen molar-refractivity contribution in [3.05, 3.63) is 48.3 Å². The van der Waals surface area contributed by atoms with Crippen molar-refractivity contribution in [3.63, 3.8) is 0 Å². The lowest BCUT2D eigenvalue weighted by molar-refractivity contribution is 0.402. The molecule has 0 bridgehead atoms. The highest BCUT2D eigenvalue weighted by Gasteiger charge is 2.22. The summed E-state index contributed by atoms with van der Waals surface area (Å²) in [6, 6.07) is 8.23. The van der Waals surface area contributed by atoms with Gasteiger partial charge in [0, 0.05) is 11.9 Å². The maximum absolute atomic E-state index is 12.9. The van der Waals surface area contributed by atoms with Crippen molar-refractivity contribution in [2.24, 2.45) is 0 Å². The summed E-state index contributed by atoms with van der Waals surface area (Å²) in [4.78, 5) is -0.481. The molecule has 0 heterocycles. The minimum absolute atomic E-state index is 0.00740. The van der Waals surface area contributed by atoms with Gasteiger partial charge in [0.2, 0.25) is 0 Å². The minimum atomic E-state index is -4.11. The first-order valence-electron chi connectivity index (χ1n) is 6.30. The van der Waals surface area contributed by atoms with Crippen LogP contribution in [0.25, 0.3) is 0 Å². The number of benzene rings is 2. The smallest absolute Gasteiger partial charge is 0.265 e. The number of anilines is 1. The van der Waals surface area contributed by atoms with E-state index in [2.05, 4.69) is 4.72 Å². The Kier molecular flexibility index (Phi) is 4.62. The summed E-state index contributed by atoms with van der Waals surface area (Å²) in [5.41, 5.74) is 0.137. The maximum atomic E-state index is 12.9. The zero-order valence-corrected chi connectivity index (χ0v) is 13.9. The largest absolute Gasteiger partial charge is 0.495 e. The summed E-state index contributed by atoms with van der Waals surface area (Å²) >= 11 is 0. The van der Waals surface area contributed by atoms with E-state index in [-0.39, 0.29) is 21.2 Å². The Morgan fingerprint density at radius 1 is 1.00 bits per heavy atom. The Labute approximate surface area is 133 Å². The number of nitrogens with one attached hydrogen (secondary N) is 1. The lowest BCUT2D eigenvalue weighted by Gasteiger charge is -2.12. The zero-order chi connectivity index (χ0) is 17.3. The Bertz CT molecular complexity index is 922. The van der Waals surface area contributed by atoms with Crippen molar-refractivity contribution in [2.75, 3.05) is 18.1 Å². The van der Waals surface area contributed by atoms with Crippen LogP contribution in [0.1, 0.15) is 0 Å². The van der Waals surface area contributed by atoms with Crippen molar-refractivity contribution in [1.82, 2.24) is 0 Å². The lowest BCUT2D eigenvalue weighted by Crippen LogP contribution is -2.15. The number of ether oxygens (including phenoxy) is 1. The van der Waals surface area contributed by atoms with Crippen LogP contribution in [-0.2, 0) is 19.9 Å². The van der Waals surface area contributed by atoms with Gasteiger partial charge in [0.25, 0.3) is 10.0 Å². The molecule has 0 aromatic heterocycles. The molecule has 0 unspecified atom stereocenters. The summed E-state index contributed by atoms with van der Waals surface area (Å²) in [5, 5.41) is 0. The topological polar surface area (TPSA) is 89.5 Å². The normalized spacial score (nSPS) is 12.0. The highest BCUT2D eigenvalue weighted by Crippen LogP contribution is 2.28. The molecule has 1 N–H and O–H groups in total. The molecule has 0 saturated heterocycles. The molecule has 23 heavy (non-hydrogen) atoms. The summed E-state index contributed by atoms with van der Waals surface area (Å²) in [5.74, 6) is -0.517. The monoisotopic (exact) mass is 359 g/mol. The number of methoxy groups -OCH3 is 1. The van der Waals surface area contributed by atoms with Gasteiger partial charge >= 0.3 is 0 Å². The van der Waals surface area contributed by atoms with E-state index >= 15 is 0 Å². The van der Waals surface area contributed by atoms with E-state index in [1.807, 2.05) is 0 Å². The average Bonchev–Trinajstić information content (AvgIpc) is 2.48. The molecule has 0 radical (unpaired) electrons. The van der Waals surface area contributed by atoms with Gasteiger partial charge in [-0.15, -0.1) is 0 Å². The van der Waals surface area contributed by atoms with Crippen LogP contribution in [0.5, 0.6) is 5.75 Å². The van der Waals surface area contributed by atoms with E-state index < -0.39 is 25.7 Å². The molecule has 0 saturated carbocycles. The lowest BCUT2D eigenvalue weighted by atomic mass is 10.3. The SMILES string of the molecule is COc1ccc(S(C)(=O)=O)cc1S(=O)(=O)Nc1ccc(F)cc1. The molecular weight excluding hydrogens is 345 g/mol. The first-order valence-corrected chi connectivity index (χ1v) is 9.67. The first-order chi connectivity index (χ1) is 10.6. The van der Waals surface area contributed by atoms with Gasteiger partial charge in [0.05, 0.1) is 12.0 Å². The van der Waals surface area contributed by atoms with Crippen LogP contribution in [-0.4, -0.2) is 30.2 Å². The van der Waals surface area contributed by atoms with Gasteiger partial charge in [-0.05, 0) is 42.5 Å². The van der Waals surface area contributed by atoms with Crippen molar-refractivity contribution in [3.8, 4) is 5.75 Å². The second-order valence-electron chi connectivity index (χ2n) is 4.70. The van der Waals surface area contributed by atoms with E-state index in [0.717, 1.165) is 24.5 Å². The van der Waals surface area contributed by atoms with Crippen LogP contribution in [0.4, 0.5) is 10.1 Å². The Balaban J connectivity index is 2.51. The van der Waals surface area contributed by atoms with Crippen LogP contribution in [0, 0.1) is 5.82 Å². The standard InChI is InChI=1S/C14H14FNO5S2/c1-21-13-8-7-12(22(2,17)18)9-14(13)23(19,20)16-11-5-3-10(15)4-6-11/h3-9,16H,1-2H3. The van der Waals surface area contributed by atoms with E-state index in [9.17, 15) is 21.2 Å². The molecule has 124 valence electrons. The van der Waals surface area contributed by atoms with Gasteiger partial charge in [-0.3, -0.25) is 4.72 Å². The number of rotatable bonds is 5. The Morgan fingerprint density at radius 3 is 2.13 bits per heavy atom. The summed E-state index contributed by atoms with van der Waals surface area (Å²) in [6.07, 6.45) is 0.971. The first kappa shape index (κ1) is 17.2.